The zero-order valence-corrected chi connectivity index (χ0v) is 19.9. The fourth-order valence-corrected chi connectivity index (χ4v) is 4.58. The Kier molecular flexibility index (Phi) is 6.34. The standard InChI is InChI=1S/C22H35N7S/c1-16-25-26-21(27(16)5)30-14-6-9-28-10-12-29(13-11-28)19-15-18(17-7-8-17)23-20(24-19)22(2,3)4/h15,17H,6-14H2,1-5H3. The van der Waals surface area contributed by atoms with Crippen LogP contribution >= 0.6 is 11.8 Å². The maximum absolute atomic E-state index is 4.96. The maximum Gasteiger partial charge on any atom is 0.190 e. The zero-order valence-electron chi connectivity index (χ0n) is 19.1. The molecule has 30 heavy (non-hydrogen) atoms. The molecule has 0 radical (unpaired) electrons. The van der Waals surface area contributed by atoms with Gasteiger partial charge in [0.1, 0.15) is 17.5 Å². The number of hydrogen-bond acceptors (Lipinski definition) is 7. The third kappa shape index (κ3) is 5.14. The number of anilines is 1. The van der Waals surface area contributed by atoms with E-state index in [9.17, 15) is 0 Å². The third-order valence-corrected chi connectivity index (χ3v) is 7.10. The Morgan fingerprint density at radius 3 is 2.40 bits per heavy atom. The molecule has 2 fully saturated rings. The second-order valence-corrected chi connectivity index (χ2v) is 10.7. The molecule has 0 amide bonds. The molecule has 1 saturated heterocycles. The summed E-state index contributed by atoms with van der Waals surface area (Å²) >= 11 is 1.80. The quantitative estimate of drug-likeness (QED) is 0.494. The summed E-state index contributed by atoms with van der Waals surface area (Å²) < 4.78 is 2.06. The van der Waals surface area contributed by atoms with E-state index in [-0.39, 0.29) is 5.41 Å². The lowest BCUT2D eigenvalue weighted by atomic mass is 9.95. The van der Waals surface area contributed by atoms with Crippen molar-refractivity contribution in [2.45, 2.75) is 63.4 Å². The number of rotatable bonds is 7. The average Bonchev–Trinajstić information content (AvgIpc) is 3.53. The molecule has 1 aliphatic carbocycles. The third-order valence-electron chi connectivity index (χ3n) is 6.00. The smallest absolute Gasteiger partial charge is 0.190 e. The van der Waals surface area contributed by atoms with E-state index in [0.717, 1.165) is 61.1 Å². The Morgan fingerprint density at radius 2 is 1.80 bits per heavy atom. The first-order chi connectivity index (χ1) is 14.3. The van der Waals surface area contributed by atoms with Crippen molar-refractivity contribution < 1.29 is 0 Å². The lowest BCUT2D eigenvalue weighted by molar-refractivity contribution is 0.258. The van der Waals surface area contributed by atoms with Gasteiger partial charge >= 0.3 is 0 Å². The molecule has 2 aromatic heterocycles. The Labute approximate surface area is 184 Å². The average molecular weight is 430 g/mol. The highest BCUT2D eigenvalue weighted by atomic mass is 32.2. The van der Waals surface area contributed by atoms with Crippen LogP contribution in [0.15, 0.2) is 11.2 Å². The highest BCUT2D eigenvalue weighted by molar-refractivity contribution is 7.99. The van der Waals surface area contributed by atoms with Crippen LogP contribution < -0.4 is 4.90 Å². The van der Waals surface area contributed by atoms with Gasteiger partial charge in [0, 0.05) is 62.1 Å². The van der Waals surface area contributed by atoms with Crippen LogP contribution in [0.5, 0.6) is 0 Å². The first-order valence-electron chi connectivity index (χ1n) is 11.2. The van der Waals surface area contributed by atoms with Crippen LogP contribution in [0.25, 0.3) is 0 Å². The summed E-state index contributed by atoms with van der Waals surface area (Å²) in [5.74, 6) is 4.82. The van der Waals surface area contributed by atoms with Gasteiger partial charge < -0.3 is 9.47 Å². The van der Waals surface area contributed by atoms with Crippen LogP contribution in [-0.4, -0.2) is 68.1 Å². The summed E-state index contributed by atoms with van der Waals surface area (Å²) in [5.41, 5.74) is 1.24. The van der Waals surface area contributed by atoms with Gasteiger partial charge in [-0.1, -0.05) is 32.5 Å². The molecule has 0 bridgehead atoms. The van der Waals surface area contributed by atoms with Gasteiger partial charge in [-0.3, -0.25) is 4.90 Å². The molecule has 2 aromatic rings. The van der Waals surface area contributed by atoms with Gasteiger partial charge in [0.2, 0.25) is 0 Å². The monoisotopic (exact) mass is 429 g/mol. The summed E-state index contributed by atoms with van der Waals surface area (Å²) in [7, 11) is 2.03. The molecule has 1 aliphatic heterocycles. The predicted octanol–water partition coefficient (Wildman–Crippen LogP) is 3.39. The van der Waals surface area contributed by atoms with E-state index in [2.05, 4.69) is 51.4 Å². The maximum atomic E-state index is 4.96. The van der Waals surface area contributed by atoms with Crippen molar-refractivity contribution in [3.8, 4) is 0 Å². The van der Waals surface area contributed by atoms with E-state index in [1.54, 1.807) is 11.8 Å². The lowest BCUT2D eigenvalue weighted by Crippen LogP contribution is -2.47. The fourth-order valence-electron chi connectivity index (χ4n) is 3.70. The minimum atomic E-state index is -0.0135. The van der Waals surface area contributed by atoms with Crippen molar-refractivity contribution in [3.05, 3.63) is 23.4 Å². The van der Waals surface area contributed by atoms with Crippen LogP contribution in [0, 0.1) is 6.92 Å². The predicted molar refractivity (Wildman–Crippen MR) is 122 cm³/mol. The molecule has 0 atom stereocenters. The Hall–Kier alpha value is -1.67. The van der Waals surface area contributed by atoms with Crippen molar-refractivity contribution >= 4 is 17.6 Å². The van der Waals surface area contributed by atoms with Crippen molar-refractivity contribution in [2.75, 3.05) is 43.4 Å². The summed E-state index contributed by atoms with van der Waals surface area (Å²) in [6.07, 6.45) is 3.73. The molecule has 3 heterocycles. The minimum absolute atomic E-state index is 0.0135. The minimum Gasteiger partial charge on any atom is -0.354 e. The van der Waals surface area contributed by atoms with E-state index in [0.29, 0.717) is 5.92 Å². The highest BCUT2D eigenvalue weighted by Crippen LogP contribution is 2.40. The second-order valence-electron chi connectivity index (χ2n) is 9.62. The van der Waals surface area contributed by atoms with E-state index in [4.69, 9.17) is 9.97 Å². The number of piperazine rings is 1. The molecular formula is C22H35N7S. The Morgan fingerprint density at radius 1 is 1.07 bits per heavy atom. The molecule has 7 nitrogen and oxygen atoms in total. The SMILES string of the molecule is Cc1nnc(SCCCN2CCN(c3cc(C4CC4)nc(C(C)(C)C)n3)CC2)n1C. The zero-order chi connectivity index (χ0) is 21.3. The number of hydrogen-bond donors (Lipinski definition) is 0. The number of aryl methyl sites for hydroxylation is 1. The van der Waals surface area contributed by atoms with Gasteiger partial charge in [-0.25, -0.2) is 9.97 Å². The molecule has 8 heteroatoms. The second kappa shape index (κ2) is 8.83. The molecule has 0 unspecified atom stereocenters. The van der Waals surface area contributed by atoms with Crippen molar-refractivity contribution in [1.82, 2.24) is 29.6 Å². The van der Waals surface area contributed by atoms with Crippen LogP contribution in [0.3, 0.4) is 0 Å². The molecule has 2 aliphatic rings. The normalized spacial score (nSPS) is 18.2. The highest BCUT2D eigenvalue weighted by Gasteiger charge is 2.29. The molecule has 4 rings (SSSR count). The van der Waals surface area contributed by atoms with Gasteiger partial charge in [-0.05, 0) is 32.7 Å². The molecule has 1 saturated carbocycles. The summed E-state index contributed by atoms with van der Waals surface area (Å²) in [5, 5.41) is 9.38. The first kappa shape index (κ1) is 21.6. The van der Waals surface area contributed by atoms with Crippen LogP contribution in [0.1, 0.15) is 63.3 Å². The van der Waals surface area contributed by atoms with Gasteiger partial charge in [-0.2, -0.15) is 0 Å². The molecular weight excluding hydrogens is 394 g/mol. The lowest BCUT2D eigenvalue weighted by Gasteiger charge is -2.36. The van der Waals surface area contributed by atoms with Crippen molar-refractivity contribution in [3.63, 3.8) is 0 Å². The molecule has 164 valence electrons. The number of nitrogens with zero attached hydrogens (tertiary/aromatic N) is 7. The summed E-state index contributed by atoms with van der Waals surface area (Å²) in [6.45, 7) is 14.0. The summed E-state index contributed by atoms with van der Waals surface area (Å²) in [6, 6.07) is 2.25. The molecule has 0 N–H and O–H groups in total. The largest absolute Gasteiger partial charge is 0.354 e. The van der Waals surface area contributed by atoms with Crippen molar-refractivity contribution in [2.24, 2.45) is 7.05 Å². The molecule has 0 spiro atoms. The van der Waals surface area contributed by atoms with E-state index in [1.165, 1.54) is 25.0 Å². The Balaban J connectivity index is 1.28. The van der Waals surface area contributed by atoms with Crippen molar-refractivity contribution in [1.29, 1.82) is 0 Å². The van der Waals surface area contributed by atoms with Gasteiger partial charge in [0.25, 0.3) is 0 Å². The van der Waals surface area contributed by atoms with E-state index < -0.39 is 0 Å². The van der Waals surface area contributed by atoms with E-state index >= 15 is 0 Å². The van der Waals surface area contributed by atoms with E-state index in [1.807, 2.05) is 14.0 Å². The van der Waals surface area contributed by atoms with Gasteiger partial charge in [0.05, 0.1) is 0 Å². The Bertz CT molecular complexity index is 861. The topological polar surface area (TPSA) is 63.0 Å². The number of aromatic nitrogens is 5. The van der Waals surface area contributed by atoms with Crippen LogP contribution in [0.2, 0.25) is 0 Å². The van der Waals surface area contributed by atoms with Gasteiger partial charge in [-0.15, -0.1) is 10.2 Å². The van der Waals surface area contributed by atoms with Crippen LogP contribution in [-0.2, 0) is 12.5 Å². The summed E-state index contributed by atoms with van der Waals surface area (Å²) in [4.78, 5) is 14.9. The van der Waals surface area contributed by atoms with Crippen LogP contribution in [0.4, 0.5) is 5.82 Å². The fraction of sp³-hybridized carbons (Fsp3) is 0.727. The molecule has 0 aromatic carbocycles. The van der Waals surface area contributed by atoms with Gasteiger partial charge in [0.15, 0.2) is 5.16 Å². The first-order valence-corrected chi connectivity index (χ1v) is 12.2. The number of thioether (sulfide) groups is 1.